The van der Waals surface area contributed by atoms with Gasteiger partial charge in [-0.15, -0.1) is 0 Å². The van der Waals surface area contributed by atoms with E-state index in [1.54, 1.807) is 0 Å². The Morgan fingerprint density at radius 3 is 3.00 bits per heavy atom. The molecule has 92 valence electrons. The molecule has 0 aliphatic carbocycles. The van der Waals surface area contributed by atoms with Crippen LogP contribution in [0.15, 0.2) is 0 Å². The number of carbonyl (C=O) groups excluding carboxylic acids is 1. The van der Waals surface area contributed by atoms with Gasteiger partial charge in [0.25, 0.3) is 0 Å². The van der Waals surface area contributed by atoms with Crippen molar-refractivity contribution in [3.05, 3.63) is 0 Å². The minimum atomic E-state index is -0.134. The highest BCUT2D eigenvalue weighted by atomic mass is 16.6. The summed E-state index contributed by atoms with van der Waals surface area (Å²) in [6, 6.07) is 0.500. The lowest BCUT2D eigenvalue weighted by molar-refractivity contribution is 0.0981. The highest BCUT2D eigenvalue weighted by Crippen LogP contribution is 2.25. The molecule has 2 heterocycles. The summed E-state index contributed by atoms with van der Waals surface area (Å²) in [4.78, 5) is 13.6. The number of rotatable bonds is 2. The van der Waals surface area contributed by atoms with E-state index < -0.39 is 0 Å². The molecule has 2 atom stereocenters. The number of fused-ring (bicyclic) bond motifs is 1. The second kappa shape index (κ2) is 5.04. The van der Waals surface area contributed by atoms with Crippen LogP contribution in [0.5, 0.6) is 0 Å². The first-order valence-electron chi connectivity index (χ1n) is 6.32. The van der Waals surface area contributed by atoms with Crippen LogP contribution in [0, 0.1) is 11.8 Å². The summed E-state index contributed by atoms with van der Waals surface area (Å²) in [6.07, 6.45) is 2.34. The fourth-order valence-corrected chi connectivity index (χ4v) is 2.53. The highest BCUT2D eigenvalue weighted by molar-refractivity contribution is 5.68. The highest BCUT2D eigenvalue weighted by Gasteiger charge is 2.36. The molecular formula is C12H22N2O2. The van der Waals surface area contributed by atoms with E-state index in [2.05, 4.69) is 19.2 Å². The summed E-state index contributed by atoms with van der Waals surface area (Å²) in [5, 5.41) is 3.48. The van der Waals surface area contributed by atoms with Crippen LogP contribution in [-0.2, 0) is 4.74 Å². The predicted molar refractivity (Wildman–Crippen MR) is 62.3 cm³/mol. The summed E-state index contributed by atoms with van der Waals surface area (Å²) >= 11 is 0. The average Bonchev–Trinajstić information content (AvgIpc) is 2.69. The van der Waals surface area contributed by atoms with Crippen molar-refractivity contribution in [1.29, 1.82) is 0 Å². The molecule has 1 N–H and O–H groups in total. The lowest BCUT2D eigenvalue weighted by Crippen LogP contribution is -2.41. The van der Waals surface area contributed by atoms with E-state index >= 15 is 0 Å². The van der Waals surface area contributed by atoms with Crippen molar-refractivity contribution in [2.45, 2.75) is 32.7 Å². The third kappa shape index (κ3) is 2.67. The number of hydrogen-bond donors (Lipinski definition) is 1. The predicted octanol–water partition coefficient (Wildman–Crippen LogP) is 1.46. The molecule has 0 spiro atoms. The van der Waals surface area contributed by atoms with Crippen LogP contribution in [0.4, 0.5) is 4.79 Å². The molecule has 1 amide bonds. The van der Waals surface area contributed by atoms with Crippen molar-refractivity contribution in [3.8, 4) is 0 Å². The third-order valence-electron chi connectivity index (χ3n) is 3.40. The maximum absolute atomic E-state index is 11.8. The number of carbonyl (C=O) groups is 1. The van der Waals surface area contributed by atoms with E-state index in [-0.39, 0.29) is 6.09 Å². The normalized spacial score (nSPS) is 29.3. The van der Waals surface area contributed by atoms with E-state index in [4.69, 9.17) is 4.74 Å². The minimum Gasteiger partial charge on any atom is -0.449 e. The molecule has 4 nitrogen and oxygen atoms in total. The summed E-state index contributed by atoms with van der Waals surface area (Å²) in [5.41, 5.74) is 0. The van der Waals surface area contributed by atoms with Crippen LogP contribution in [0.1, 0.15) is 26.7 Å². The molecule has 0 aromatic heterocycles. The molecular weight excluding hydrogens is 204 g/mol. The van der Waals surface area contributed by atoms with Crippen molar-refractivity contribution in [2.75, 3.05) is 26.2 Å². The Kier molecular flexibility index (Phi) is 3.69. The standard InChI is InChI=1S/C12H22N2O2/c1-9(2)8-16-12(15)14-6-10-4-3-5-13-11(10)7-14/h9-11,13H,3-8H2,1-2H3. The molecule has 2 saturated heterocycles. The average molecular weight is 226 g/mol. The van der Waals surface area contributed by atoms with Gasteiger partial charge in [-0.3, -0.25) is 0 Å². The van der Waals surface area contributed by atoms with Crippen molar-refractivity contribution < 1.29 is 9.53 Å². The molecule has 2 aliphatic rings. The van der Waals surface area contributed by atoms with E-state index in [0.717, 1.165) is 19.6 Å². The number of ether oxygens (including phenoxy) is 1. The number of piperidine rings is 1. The summed E-state index contributed by atoms with van der Waals surface area (Å²) < 4.78 is 5.25. The van der Waals surface area contributed by atoms with Gasteiger partial charge in [0.1, 0.15) is 0 Å². The van der Waals surface area contributed by atoms with Crippen molar-refractivity contribution >= 4 is 6.09 Å². The maximum Gasteiger partial charge on any atom is 0.409 e. The Morgan fingerprint density at radius 1 is 1.50 bits per heavy atom. The lowest BCUT2D eigenvalue weighted by atomic mass is 9.94. The van der Waals surface area contributed by atoms with Crippen LogP contribution in [0.25, 0.3) is 0 Å². The van der Waals surface area contributed by atoms with Gasteiger partial charge >= 0.3 is 6.09 Å². The summed E-state index contributed by atoms with van der Waals surface area (Å²) in [7, 11) is 0. The van der Waals surface area contributed by atoms with E-state index in [0.29, 0.717) is 24.5 Å². The zero-order chi connectivity index (χ0) is 11.5. The van der Waals surface area contributed by atoms with Crippen LogP contribution in [0.2, 0.25) is 0 Å². The zero-order valence-electron chi connectivity index (χ0n) is 10.2. The van der Waals surface area contributed by atoms with Gasteiger partial charge in [0.15, 0.2) is 0 Å². The van der Waals surface area contributed by atoms with Crippen molar-refractivity contribution in [1.82, 2.24) is 10.2 Å². The largest absolute Gasteiger partial charge is 0.449 e. The summed E-state index contributed by atoms with van der Waals surface area (Å²) in [5.74, 6) is 1.05. The fourth-order valence-electron chi connectivity index (χ4n) is 2.53. The number of nitrogens with one attached hydrogen (secondary N) is 1. The van der Waals surface area contributed by atoms with Crippen molar-refractivity contribution in [2.24, 2.45) is 11.8 Å². The lowest BCUT2D eigenvalue weighted by Gasteiger charge is -2.24. The van der Waals surface area contributed by atoms with Gasteiger partial charge < -0.3 is 15.0 Å². The van der Waals surface area contributed by atoms with Crippen LogP contribution in [0.3, 0.4) is 0 Å². The van der Waals surface area contributed by atoms with Gasteiger partial charge in [0.05, 0.1) is 6.61 Å². The van der Waals surface area contributed by atoms with Gasteiger partial charge in [-0.25, -0.2) is 4.79 Å². The van der Waals surface area contributed by atoms with Crippen LogP contribution in [-0.4, -0.2) is 43.3 Å². The fraction of sp³-hybridized carbons (Fsp3) is 0.917. The van der Waals surface area contributed by atoms with Gasteiger partial charge in [-0.2, -0.15) is 0 Å². The molecule has 2 rings (SSSR count). The quantitative estimate of drug-likeness (QED) is 0.775. The Balaban J connectivity index is 1.80. The first kappa shape index (κ1) is 11.7. The second-order valence-corrected chi connectivity index (χ2v) is 5.34. The molecule has 0 saturated carbocycles. The van der Waals surface area contributed by atoms with E-state index in [1.807, 2.05) is 4.90 Å². The summed E-state index contributed by atoms with van der Waals surface area (Å²) in [6.45, 7) is 7.42. The van der Waals surface area contributed by atoms with Gasteiger partial charge in [-0.1, -0.05) is 13.8 Å². The van der Waals surface area contributed by atoms with Crippen molar-refractivity contribution in [3.63, 3.8) is 0 Å². The van der Waals surface area contributed by atoms with Crippen LogP contribution >= 0.6 is 0 Å². The molecule has 0 aromatic carbocycles. The number of amides is 1. The Bertz CT molecular complexity index is 241. The van der Waals surface area contributed by atoms with E-state index in [1.165, 1.54) is 12.8 Å². The molecule has 16 heavy (non-hydrogen) atoms. The SMILES string of the molecule is CC(C)COC(=O)N1CC2CCCNC2C1. The Hall–Kier alpha value is -0.770. The Morgan fingerprint density at radius 2 is 2.31 bits per heavy atom. The zero-order valence-corrected chi connectivity index (χ0v) is 10.2. The van der Waals surface area contributed by atoms with Gasteiger partial charge in [0.2, 0.25) is 0 Å². The topological polar surface area (TPSA) is 41.6 Å². The molecule has 0 bridgehead atoms. The minimum absolute atomic E-state index is 0.134. The monoisotopic (exact) mass is 226 g/mol. The van der Waals surface area contributed by atoms with Gasteiger partial charge in [-0.05, 0) is 31.2 Å². The van der Waals surface area contributed by atoms with Gasteiger partial charge in [0, 0.05) is 19.1 Å². The molecule has 2 unspecified atom stereocenters. The second-order valence-electron chi connectivity index (χ2n) is 5.34. The van der Waals surface area contributed by atoms with Crippen LogP contribution < -0.4 is 5.32 Å². The third-order valence-corrected chi connectivity index (χ3v) is 3.40. The molecule has 2 aliphatic heterocycles. The number of likely N-dealkylation sites (tertiary alicyclic amines) is 1. The molecule has 4 heteroatoms. The first-order chi connectivity index (χ1) is 7.66. The first-order valence-corrected chi connectivity index (χ1v) is 6.32. The maximum atomic E-state index is 11.8. The van der Waals surface area contributed by atoms with E-state index in [9.17, 15) is 4.79 Å². The molecule has 0 aromatic rings. The Labute approximate surface area is 97.3 Å². The molecule has 2 fully saturated rings. The molecule has 0 radical (unpaired) electrons. The smallest absolute Gasteiger partial charge is 0.409 e. The number of nitrogens with zero attached hydrogens (tertiary/aromatic N) is 1. The number of hydrogen-bond acceptors (Lipinski definition) is 3.